The lowest BCUT2D eigenvalue weighted by Gasteiger charge is -2.47. The molecule has 0 bridgehead atoms. The largest absolute Gasteiger partial charge is 0.348 e. The number of amides is 1. The van der Waals surface area contributed by atoms with E-state index in [-0.39, 0.29) is 0 Å². The fraction of sp³-hybridized carbons (Fsp3) is 0.320. The molecule has 0 aliphatic carbocycles. The van der Waals surface area contributed by atoms with Gasteiger partial charge in [-0.25, -0.2) is 23.1 Å². The van der Waals surface area contributed by atoms with Gasteiger partial charge in [-0.1, -0.05) is 0 Å². The number of hydrogen-bond donors (Lipinski definition) is 1. The predicted molar refractivity (Wildman–Crippen MR) is 123 cm³/mol. The molecule has 2 aliphatic rings. The maximum atomic E-state index is 14.0. The Morgan fingerprint density at radius 2 is 1.74 bits per heavy atom. The molecule has 180 valence electrons. The summed E-state index contributed by atoms with van der Waals surface area (Å²) in [4.78, 5) is 28.2. The Labute approximate surface area is 199 Å². The first-order chi connectivity index (χ1) is 17.0. The minimum atomic E-state index is -1.42. The molecule has 2 aliphatic heterocycles. The average molecular weight is 480 g/mol. The van der Waals surface area contributed by atoms with Crippen LogP contribution in [0.1, 0.15) is 29.2 Å². The Hall–Kier alpha value is -3.66. The van der Waals surface area contributed by atoms with Crippen molar-refractivity contribution in [3.05, 3.63) is 72.2 Å². The van der Waals surface area contributed by atoms with Crippen LogP contribution in [0.4, 0.5) is 13.2 Å². The fourth-order valence-electron chi connectivity index (χ4n) is 5.17. The van der Waals surface area contributed by atoms with Gasteiger partial charge in [0.05, 0.1) is 11.7 Å². The molecule has 0 spiro atoms. The van der Waals surface area contributed by atoms with Crippen molar-refractivity contribution < 1.29 is 18.0 Å². The van der Waals surface area contributed by atoms with E-state index in [1.165, 1.54) is 4.90 Å². The molecule has 1 aromatic carbocycles. The predicted octanol–water partition coefficient (Wildman–Crippen LogP) is 4.01. The molecule has 0 saturated carbocycles. The van der Waals surface area contributed by atoms with Crippen LogP contribution >= 0.6 is 0 Å². The summed E-state index contributed by atoms with van der Waals surface area (Å²) >= 11 is 0. The Balaban J connectivity index is 1.06. The van der Waals surface area contributed by atoms with Gasteiger partial charge >= 0.3 is 0 Å². The van der Waals surface area contributed by atoms with Gasteiger partial charge in [-0.2, -0.15) is 0 Å². The quantitative estimate of drug-likeness (QED) is 0.449. The van der Waals surface area contributed by atoms with Crippen molar-refractivity contribution in [1.29, 1.82) is 0 Å². The molecule has 0 unspecified atom stereocenters. The maximum absolute atomic E-state index is 14.0. The van der Waals surface area contributed by atoms with Crippen molar-refractivity contribution in [2.45, 2.75) is 24.9 Å². The minimum absolute atomic E-state index is 0.300. The van der Waals surface area contributed by atoms with Crippen molar-refractivity contribution in [3.63, 3.8) is 0 Å². The number of halogens is 3. The number of rotatable bonds is 4. The first-order valence-electron chi connectivity index (χ1n) is 11.6. The number of fused-ring (bicyclic) bond motifs is 1. The van der Waals surface area contributed by atoms with E-state index in [9.17, 15) is 18.0 Å². The van der Waals surface area contributed by atoms with E-state index in [0.29, 0.717) is 44.1 Å². The summed E-state index contributed by atoms with van der Waals surface area (Å²) < 4.78 is 43.8. The number of H-pyrrole nitrogens is 1. The van der Waals surface area contributed by atoms with Crippen LogP contribution in [0.3, 0.4) is 0 Å². The molecular formula is C25H23F3N6O. The third-order valence-corrected chi connectivity index (χ3v) is 7.18. The molecular weight excluding hydrogens is 457 g/mol. The zero-order valence-electron chi connectivity index (χ0n) is 18.8. The van der Waals surface area contributed by atoms with Crippen molar-refractivity contribution in [2.24, 2.45) is 0 Å². The number of nitrogens with one attached hydrogen (secondary N) is 1. The van der Waals surface area contributed by atoms with E-state index in [4.69, 9.17) is 0 Å². The van der Waals surface area contributed by atoms with Gasteiger partial charge < -0.3 is 14.5 Å². The van der Waals surface area contributed by atoms with E-state index in [1.807, 2.05) is 12.3 Å². The monoisotopic (exact) mass is 480 g/mol. The second kappa shape index (κ2) is 8.53. The van der Waals surface area contributed by atoms with E-state index in [0.717, 1.165) is 41.4 Å². The Morgan fingerprint density at radius 3 is 2.54 bits per heavy atom. The highest BCUT2D eigenvalue weighted by Crippen LogP contribution is 2.32. The van der Waals surface area contributed by atoms with Crippen LogP contribution in [-0.4, -0.2) is 67.4 Å². The summed E-state index contributed by atoms with van der Waals surface area (Å²) in [5.74, 6) is -4.47. The van der Waals surface area contributed by atoms with E-state index in [2.05, 4.69) is 42.9 Å². The molecule has 35 heavy (non-hydrogen) atoms. The van der Waals surface area contributed by atoms with Gasteiger partial charge in [-0.15, -0.1) is 0 Å². The van der Waals surface area contributed by atoms with Crippen LogP contribution < -0.4 is 0 Å². The number of piperidine rings is 1. The third-order valence-electron chi connectivity index (χ3n) is 7.18. The summed E-state index contributed by atoms with van der Waals surface area (Å²) in [6.07, 6.45) is 9.01. The third kappa shape index (κ3) is 3.78. The lowest BCUT2D eigenvalue weighted by Crippen LogP contribution is -2.56. The number of aromatic nitrogens is 4. The van der Waals surface area contributed by atoms with Gasteiger partial charge in [0.1, 0.15) is 23.4 Å². The summed E-state index contributed by atoms with van der Waals surface area (Å²) in [5, 5.41) is 0.986. The van der Waals surface area contributed by atoms with Gasteiger partial charge in [0.25, 0.3) is 5.91 Å². The number of nitrogens with zero attached hydrogens (tertiary/aromatic N) is 5. The van der Waals surface area contributed by atoms with E-state index >= 15 is 0 Å². The minimum Gasteiger partial charge on any atom is -0.348 e. The van der Waals surface area contributed by atoms with Gasteiger partial charge in [0, 0.05) is 61.8 Å². The van der Waals surface area contributed by atoms with Crippen LogP contribution in [0.15, 0.2) is 49.2 Å². The highest BCUT2D eigenvalue weighted by atomic mass is 19.2. The Bertz CT molecular complexity index is 1400. The summed E-state index contributed by atoms with van der Waals surface area (Å²) in [6, 6.07) is 6.16. The topological polar surface area (TPSA) is 70.1 Å². The molecule has 4 aromatic rings. The number of benzene rings is 1. The average Bonchev–Trinajstić information content (AvgIpc) is 3.51. The first-order valence-corrected chi connectivity index (χ1v) is 11.6. The second-order valence-electron chi connectivity index (χ2n) is 9.16. The standard InChI is InChI=1S/C25H23F3N6O/c26-19-1-2-20(27)22(28)21(19)25(35)32-9-5-16(6-10-32)34-12-17(13-34)33-8-4-15(11-33)23-18-3-7-29-24(18)31-14-30-23/h1-4,7-8,11,14,16-17H,5-6,9-10,12-13H2,(H,29,30,31). The molecule has 2 saturated heterocycles. The van der Waals surface area contributed by atoms with Crippen LogP contribution in [0, 0.1) is 17.5 Å². The lowest BCUT2D eigenvalue weighted by atomic mass is 9.96. The Kier molecular flexibility index (Phi) is 5.32. The van der Waals surface area contributed by atoms with E-state index < -0.39 is 28.9 Å². The van der Waals surface area contributed by atoms with E-state index in [1.54, 1.807) is 6.33 Å². The number of aromatic amines is 1. The number of likely N-dealkylation sites (tertiary alicyclic amines) is 2. The van der Waals surface area contributed by atoms with Crippen LogP contribution in [0.2, 0.25) is 0 Å². The zero-order chi connectivity index (χ0) is 24.1. The molecule has 0 radical (unpaired) electrons. The first kappa shape index (κ1) is 21.8. The number of hydrogen-bond acceptors (Lipinski definition) is 4. The summed E-state index contributed by atoms with van der Waals surface area (Å²) in [7, 11) is 0. The van der Waals surface area contributed by atoms with Crippen molar-refractivity contribution >= 4 is 16.9 Å². The fourth-order valence-corrected chi connectivity index (χ4v) is 5.17. The number of carbonyl (C=O) groups is 1. The van der Waals surface area contributed by atoms with Crippen molar-refractivity contribution in [3.8, 4) is 11.3 Å². The molecule has 1 amide bonds. The molecule has 1 N–H and O–H groups in total. The second-order valence-corrected chi connectivity index (χ2v) is 9.16. The smallest absolute Gasteiger partial charge is 0.259 e. The summed E-state index contributed by atoms with van der Waals surface area (Å²) in [6.45, 7) is 2.55. The van der Waals surface area contributed by atoms with Crippen molar-refractivity contribution in [2.75, 3.05) is 26.2 Å². The molecule has 0 atom stereocenters. The maximum Gasteiger partial charge on any atom is 0.259 e. The van der Waals surface area contributed by atoms with Gasteiger partial charge in [0.2, 0.25) is 0 Å². The van der Waals surface area contributed by atoms with Gasteiger partial charge in [-0.05, 0) is 37.1 Å². The normalized spacial score (nSPS) is 17.7. The number of carbonyl (C=O) groups excluding carboxylic acids is 1. The van der Waals surface area contributed by atoms with Gasteiger partial charge in [0.15, 0.2) is 11.6 Å². The lowest BCUT2D eigenvalue weighted by molar-refractivity contribution is 0.0232. The van der Waals surface area contributed by atoms with Crippen LogP contribution in [0.5, 0.6) is 0 Å². The van der Waals surface area contributed by atoms with Gasteiger partial charge in [-0.3, -0.25) is 9.69 Å². The molecule has 3 aromatic heterocycles. The molecule has 7 nitrogen and oxygen atoms in total. The zero-order valence-corrected chi connectivity index (χ0v) is 18.8. The molecule has 2 fully saturated rings. The van der Waals surface area contributed by atoms with Crippen molar-refractivity contribution in [1.82, 2.24) is 29.3 Å². The molecule has 5 heterocycles. The molecule has 6 rings (SSSR count). The summed E-state index contributed by atoms with van der Waals surface area (Å²) in [5.41, 5.74) is 1.94. The SMILES string of the molecule is O=C(c1c(F)ccc(F)c1F)N1CCC(N2CC(n3ccc(-c4ncnc5[nH]ccc45)c3)C2)CC1. The molecule has 10 heteroatoms. The van der Waals surface area contributed by atoms with Crippen LogP contribution in [-0.2, 0) is 0 Å². The Morgan fingerprint density at radius 1 is 0.971 bits per heavy atom. The highest BCUT2D eigenvalue weighted by molar-refractivity contribution is 5.95. The van der Waals surface area contributed by atoms with Crippen LogP contribution in [0.25, 0.3) is 22.3 Å². The highest BCUT2D eigenvalue weighted by Gasteiger charge is 2.36.